The maximum atomic E-state index is 2.51. The van der Waals surface area contributed by atoms with Crippen LogP contribution in [0.3, 0.4) is 0 Å². The van der Waals surface area contributed by atoms with E-state index in [0.717, 1.165) is 17.1 Å². The molecule has 0 heterocycles. The molecule has 0 saturated carbocycles. The molecule has 0 fully saturated rings. The minimum absolute atomic E-state index is 0.144. The van der Waals surface area contributed by atoms with Crippen LogP contribution in [0.5, 0.6) is 0 Å². The van der Waals surface area contributed by atoms with Crippen molar-refractivity contribution in [2.45, 2.75) is 24.7 Å². The van der Waals surface area contributed by atoms with E-state index < -0.39 is 5.41 Å². The van der Waals surface area contributed by atoms with Crippen LogP contribution in [0.25, 0.3) is 55.3 Å². The van der Waals surface area contributed by atoms with Crippen molar-refractivity contribution in [2.75, 3.05) is 4.90 Å². The zero-order chi connectivity index (χ0) is 42.1. The summed E-state index contributed by atoms with van der Waals surface area (Å²) in [7, 11) is 0. The van der Waals surface area contributed by atoms with Crippen molar-refractivity contribution in [3.8, 4) is 44.5 Å². The molecule has 298 valence electrons. The molecule has 0 N–H and O–H groups in total. The molecule has 2 aliphatic rings. The van der Waals surface area contributed by atoms with E-state index in [9.17, 15) is 0 Å². The molecule has 1 nitrogen and oxygen atoms in total. The average molecular weight is 804 g/mol. The first-order valence-electron chi connectivity index (χ1n) is 22.1. The topological polar surface area (TPSA) is 3.24 Å². The van der Waals surface area contributed by atoms with Gasteiger partial charge in [-0.05, 0) is 131 Å². The summed E-state index contributed by atoms with van der Waals surface area (Å²) in [4.78, 5) is 2.48. The second-order valence-electron chi connectivity index (χ2n) is 17.6. The van der Waals surface area contributed by atoms with Gasteiger partial charge in [0.1, 0.15) is 0 Å². The Hall–Kier alpha value is -7.74. The standard InChI is InChI=1S/C62H45N/c1-61(2)56-30-18-17-29-52(56)53-37-35-49(40-57(53)61)63(48-33-31-43(32-34-48)42-19-7-3-8-20-42)50-36-38-54-58(41-50)62(46-24-11-5-12-25-46,47-26-13-6-14-27-47)60-51-28-16-15-23-45(51)39-55(59(54)60)44-21-9-4-10-22-44/h3-41H,1-2H3. The quantitative estimate of drug-likeness (QED) is 0.155. The van der Waals surface area contributed by atoms with Crippen molar-refractivity contribution in [1.82, 2.24) is 0 Å². The van der Waals surface area contributed by atoms with Gasteiger partial charge in [-0.3, -0.25) is 0 Å². The highest BCUT2D eigenvalue weighted by molar-refractivity contribution is 6.07. The average Bonchev–Trinajstić information content (AvgIpc) is 3.78. The lowest BCUT2D eigenvalue weighted by molar-refractivity contribution is 0.660. The normalized spacial score (nSPS) is 13.8. The van der Waals surface area contributed by atoms with E-state index in [1.165, 1.54) is 88.7 Å². The maximum Gasteiger partial charge on any atom is 0.0720 e. The molecule has 2 aliphatic carbocycles. The van der Waals surface area contributed by atoms with E-state index in [2.05, 4.69) is 255 Å². The molecule has 0 aliphatic heterocycles. The molecule has 0 spiro atoms. The number of hydrogen-bond acceptors (Lipinski definition) is 1. The van der Waals surface area contributed by atoms with Gasteiger partial charge in [-0.1, -0.05) is 208 Å². The molecule has 0 radical (unpaired) electrons. The van der Waals surface area contributed by atoms with Crippen molar-refractivity contribution in [1.29, 1.82) is 0 Å². The second-order valence-corrected chi connectivity index (χ2v) is 17.6. The highest BCUT2D eigenvalue weighted by atomic mass is 15.1. The SMILES string of the molecule is CC1(C)c2ccccc2-c2ccc(N(c3ccc(-c4ccccc4)cc3)c3ccc4c(c3)C(c3ccccc3)(c3ccccc3)c3c-4c(-c4ccccc4)cc4ccccc34)cc21. The van der Waals surface area contributed by atoms with Gasteiger partial charge in [0, 0.05) is 22.5 Å². The van der Waals surface area contributed by atoms with Crippen molar-refractivity contribution in [2.24, 2.45) is 0 Å². The zero-order valence-electron chi connectivity index (χ0n) is 35.5. The van der Waals surface area contributed by atoms with E-state index in [4.69, 9.17) is 0 Å². The first-order valence-corrected chi connectivity index (χ1v) is 22.1. The molecular weight excluding hydrogens is 759 g/mol. The third kappa shape index (κ3) is 5.63. The van der Waals surface area contributed by atoms with E-state index in [0.29, 0.717) is 0 Å². The molecule has 0 saturated heterocycles. The van der Waals surface area contributed by atoms with Gasteiger partial charge in [-0.15, -0.1) is 0 Å². The highest BCUT2D eigenvalue weighted by Crippen LogP contribution is 2.61. The van der Waals surface area contributed by atoms with Crippen LogP contribution in [0, 0.1) is 0 Å². The van der Waals surface area contributed by atoms with Gasteiger partial charge in [0.2, 0.25) is 0 Å². The molecular formula is C62H45N. The number of anilines is 3. The number of nitrogens with zero attached hydrogens (tertiary/aromatic N) is 1. The summed E-state index contributed by atoms with van der Waals surface area (Å²) in [5, 5.41) is 2.51. The molecule has 0 amide bonds. The Kier molecular flexibility index (Phi) is 8.49. The van der Waals surface area contributed by atoms with Crippen LogP contribution in [0.15, 0.2) is 237 Å². The van der Waals surface area contributed by atoms with E-state index in [1.807, 2.05) is 0 Å². The summed E-state index contributed by atoms with van der Waals surface area (Å²) in [6.07, 6.45) is 0. The Bertz CT molecular complexity index is 3290. The lowest BCUT2D eigenvalue weighted by Crippen LogP contribution is -2.29. The zero-order valence-corrected chi connectivity index (χ0v) is 35.5. The first-order chi connectivity index (χ1) is 31.0. The Balaban J connectivity index is 1.16. The third-order valence-electron chi connectivity index (χ3n) is 13.9. The van der Waals surface area contributed by atoms with Crippen LogP contribution in [0.4, 0.5) is 17.1 Å². The smallest absolute Gasteiger partial charge is 0.0720 e. The monoisotopic (exact) mass is 803 g/mol. The third-order valence-corrected chi connectivity index (χ3v) is 13.9. The van der Waals surface area contributed by atoms with Gasteiger partial charge >= 0.3 is 0 Å². The summed E-state index contributed by atoms with van der Waals surface area (Å²) in [5.74, 6) is 0. The Morgan fingerprint density at radius 1 is 0.333 bits per heavy atom. The summed E-state index contributed by atoms with van der Waals surface area (Å²) in [6, 6.07) is 87.9. The predicted octanol–water partition coefficient (Wildman–Crippen LogP) is 16.3. The van der Waals surface area contributed by atoms with Crippen molar-refractivity contribution in [3.63, 3.8) is 0 Å². The molecule has 0 bridgehead atoms. The van der Waals surface area contributed by atoms with Crippen LogP contribution in [0.1, 0.15) is 47.2 Å². The van der Waals surface area contributed by atoms with Gasteiger partial charge < -0.3 is 4.90 Å². The molecule has 0 aromatic heterocycles. The lowest BCUT2D eigenvalue weighted by atomic mass is 9.66. The minimum Gasteiger partial charge on any atom is -0.310 e. The fourth-order valence-electron chi connectivity index (χ4n) is 11.1. The summed E-state index contributed by atoms with van der Waals surface area (Å²) < 4.78 is 0. The van der Waals surface area contributed by atoms with Crippen LogP contribution in [0.2, 0.25) is 0 Å². The predicted molar refractivity (Wildman–Crippen MR) is 264 cm³/mol. The lowest BCUT2D eigenvalue weighted by Gasteiger charge is -2.36. The number of rotatable bonds is 7. The maximum absolute atomic E-state index is 2.51. The molecule has 12 rings (SSSR count). The van der Waals surface area contributed by atoms with Gasteiger partial charge in [0.25, 0.3) is 0 Å². The molecule has 10 aromatic rings. The molecule has 1 heteroatoms. The van der Waals surface area contributed by atoms with E-state index in [1.54, 1.807) is 0 Å². The molecule has 10 aromatic carbocycles. The van der Waals surface area contributed by atoms with Gasteiger partial charge in [0.15, 0.2) is 0 Å². The summed E-state index contributed by atoms with van der Waals surface area (Å²) in [6.45, 7) is 4.74. The van der Waals surface area contributed by atoms with Crippen LogP contribution in [-0.4, -0.2) is 0 Å². The molecule has 0 unspecified atom stereocenters. The van der Waals surface area contributed by atoms with E-state index >= 15 is 0 Å². The minimum atomic E-state index is -0.627. The van der Waals surface area contributed by atoms with E-state index in [-0.39, 0.29) is 5.41 Å². The van der Waals surface area contributed by atoms with Crippen LogP contribution in [-0.2, 0) is 10.8 Å². The van der Waals surface area contributed by atoms with Crippen LogP contribution >= 0.6 is 0 Å². The Morgan fingerprint density at radius 3 is 1.49 bits per heavy atom. The fraction of sp³-hybridized carbons (Fsp3) is 0.0645. The first kappa shape index (κ1) is 37.1. The van der Waals surface area contributed by atoms with Crippen LogP contribution < -0.4 is 4.90 Å². The van der Waals surface area contributed by atoms with Crippen molar-refractivity contribution in [3.05, 3.63) is 270 Å². The van der Waals surface area contributed by atoms with Gasteiger partial charge in [-0.2, -0.15) is 0 Å². The highest BCUT2D eigenvalue weighted by Gasteiger charge is 2.48. The molecule has 63 heavy (non-hydrogen) atoms. The number of benzene rings is 10. The fourth-order valence-corrected chi connectivity index (χ4v) is 11.1. The van der Waals surface area contributed by atoms with Crippen molar-refractivity contribution >= 4 is 27.8 Å². The largest absolute Gasteiger partial charge is 0.310 e. The summed E-state index contributed by atoms with van der Waals surface area (Å²) >= 11 is 0. The Labute approximate surface area is 370 Å². The Morgan fingerprint density at radius 2 is 0.825 bits per heavy atom. The molecule has 0 atom stereocenters. The van der Waals surface area contributed by atoms with Crippen molar-refractivity contribution < 1.29 is 0 Å². The van der Waals surface area contributed by atoms with Gasteiger partial charge in [-0.25, -0.2) is 0 Å². The second kappa shape index (κ2) is 14.4. The number of fused-ring (bicyclic) bond motifs is 8. The number of hydrogen-bond donors (Lipinski definition) is 0. The van der Waals surface area contributed by atoms with Gasteiger partial charge in [0.05, 0.1) is 5.41 Å². The summed E-state index contributed by atoms with van der Waals surface area (Å²) in [5.41, 5.74) is 20.5.